The minimum Gasteiger partial charge on any atom is -0.508 e. The van der Waals surface area contributed by atoms with Crippen LogP contribution in [0.5, 0.6) is 11.5 Å². The summed E-state index contributed by atoms with van der Waals surface area (Å²) in [6.45, 7) is 2.28. The molecule has 0 radical (unpaired) electrons. The molecule has 0 heterocycles. The molecule has 0 atom stereocenters. The summed E-state index contributed by atoms with van der Waals surface area (Å²) in [5, 5.41) is 19.5. The summed E-state index contributed by atoms with van der Waals surface area (Å²) in [6.07, 6.45) is 28.2. The van der Waals surface area contributed by atoms with Crippen molar-refractivity contribution in [3.63, 3.8) is 0 Å². The van der Waals surface area contributed by atoms with Crippen LogP contribution in [0.4, 0.5) is 0 Å². The second kappa shape index (κ2) is 18.6. The van der Waals surface area contributed by atoms with Gasteiger partial charge in [0, 0.05) is 5.56 Å². The third kappa shape index (κ3) is 14.2. The third-order valence-corrected chi connectivity index (χ3v) is 5.82. The van der Waals surface area contributed by atoms with Gasteiger partial charge in [0.05, 0.1) is 0 Å². The highest BCUT2D eigenvalue weighted by molar-refractivity contribution is 5.42. The van der Waals surface area contributed by atoms with E-state index in [9.17, 15) is 10.2 Å². The zero-order valence-corrected chi connectivity index (χ0v) is 19.0. The maximum Gasteiger partial charge on any atom is 0.122 e. The molecule has 0 aliphatic carbocycles. The van der Waals surface area contributed by atoms with Crippen molar-refractivity contribution in [3.8, 4) is 11.5 Å². The second-order valence-corrected chi connectivity index (χ2v) is 8.52. The van der Waals surface area contributed by atoms with Gasteiger partial charge in [-0.25, -0.2) is 0 Å². The molecular formula is C27H46O2. The van der Waals surface area contributed by atoms with Crippen LogP contribution in [-0.2, 0) is 6.42 Å². The Bertz CT molecular complexity index is 501. The van der Waals surface area contributed by atoms with E-state index in [-0.39, 0.29) is 11.5 Å². The van der Waals surface area contributed by atoms with Gasteiger partial charge in [-0.3, -0.25) is 0 Å². The van der Waals surface area contributed by atoms with E-state index >= 15 is 0 Å². The highest BCUT2D eigenvalue weighted by Crippen LogP contribution is 2.27. The van der Waals surface area contributed by atoms with Crippen LogP contribution in [-0.4, -0.2) is 10.2 Å². The van der Waals surface area contributed by atoms with Crippen molar-refractivity contribution in [2.45, 2.75) is 122 Å². The van der Waals surface area contributed by atoms with Gasteiger partial charge in [0.2, 0.25) is 0 Å². The second-order valence-electron chi connectivity index (χ2n) is 8.52. The molecule has 2 heteroatoms. The summed E-state index contributed by atoms with van der Waals surface area (Å²) in [7, 11) is 0. The Morgan fingerprint density at radius 1 is 0.586 bits per heavy atom. The third-order valence-electron chi connectivity index (χ3n) is 5.82. The molecule has 0 unspecified atom stereocenters. The number of hydrogen-bond acceptors (Lipinski definition) is 2. The maximum absolute atomic E-state index is 9.76. The normalized spacial score (nSPS) is 11.5. The Morgan fingerprint density at radius 3 is 1.48 bits per heavy atom. The SMILES string of the molecule is CCCCCCCCCCCCCCCCC=CCCCc1c(O)cccc1O. The zero-order chi connectivity index (χ0) is 21.0. The van der Waals surface area contributed by atoms with Crippen molar-refractivity contribution < 1.29 is 10.2 Å². The van der Waals surface area contributed by atoms with E-state index in [4.69, 9.17) is 0 Å². The molecular weight excluding hydrogens is 356 g/mol. The van der Waals surface area contributed by atoms with Gasteiger partial charge in [0.1, 0.15) is 11.5 Å². The molecule has 1 aromatic carbocycles. The molecule has 0 aromatic heterocycles. The van der Waals surface area contributed by atoms with Crippen LogP contribution < -0.4 is 0 Å². The first kappa shape index (κ1) is 25.6. The lowest BCUT2D eigenvalue weighted by Crippen LogP contribution is -1.86. The van der Waals surface area contributed by atoms with Crippen molar-refractivity contribution in [3.05, 3.63) is 35.9 Å². The van der Waals surface area contributed by atoms with Crippen LogP contribution in [0.2, 0.25) is 0 Å². The number of phenolic OH excluding ortho intramolecular Hbond substituents is 2. The number of phenols is 2. The summed E-state index contributed by atoms with van der Waals surface area (Å²) in [5.74, 6) is 0.410. The molecule has 0 spiro atoms. The summed E-state index contributed by atoms with van der Waals surface area (Å²) in [6, 6.07) is 4.95. The van der Waals surface area contributed by atoms with Crippen LogP contribution in [0.3, 0.4) is 0 Å². The first-order valence-electron chi connectivity index (χ1n) is 12.4. The van der Waals surface area contributed by atoms with Gasteiger partial charge in [0.15, 0.2) is 0 Å². The average molecular weight is 403 g/mol. The summed E-state index contributed by atoms with van der Waals surface area (Å²) < 4.78 is 0. The summed E-state index contributed by atoms with van der Waals surface area (Å²) in [5.41, 5.74) is 0.674. The van der Waals surface area contributed by atoms with Gasteiger partial charge in [-0.2, -0.15) is 0 Å². The van der Waals surface area contributed by atoms with Gasteiger partial charge in [-0.15, -0.1) is 0 Å². The molecule has 29 heavy (non-hydrogen) atoms. The summed E-state index contributed by atoms with van der Waals surface area (Å²) >= 11 is 0. The quantitative estimate of drug-likeness (QED) is 0.179. The van der Waals surface area contributed by atoms with Crippen LogP contribution >= 0.6 is 0 Å². The smallest absolute Gasteiger partial charge is 0.122 e. The van der Waals surface area contributed by atoms with E-state index < -0.39 is 0 Å². The standard InChI is InChI=1S/C27H46O2/c1-2-3-4-5-6-7-8-9-10-11-12-13-14-15-16-17-18-19-20-22-25-26(28)23-21-24-27(25)29/h17-18,21,23-24,28-29H,2-16,19-20,22H2,1H3. The van der Waals surface area contributed by atoms with Crippen molar-refractivity contribution in [1.29, 1.82) is 0 Å². The Kier molecular flexibility index (Phi) is 16.4. The molecule has 1 rings (SSSR count). The fraction of sp³-hybridized carbons (Fsp3) is 0.704. The van der Waals surface area contributed by atoms with Crippen LogP contribution in [0.1, 0.15) is 122 Å². The average Bonchev–Trinajstić information content (AvgIpc) is 2.71. The van der Waals surface area contributed by atoms with Gasteiger partial charge >= 0.3 is 0 Å². The molecule has 0 saturated heterocycles. The number of benzene rings is 1. The number of allylic oxidation sites excluding steroid dienone is 2. The van der Waals surface area contributed by atoms with E-state index in [2.05, 4.69) is 19.1 Å². The molecule has 2 N–H and O–H groups in total. The number of rotatable bonds is 19. The minimum absolute atomic E-state index is 0.205. The molecule has 0 aliphatic rings. The van der Waals surface area contributed by atoms with E-state index in [1.54, 1.807) is 18.2 Å². The zero-order valence-electron chi connectivity index (χ0n) is 19.0. The fourth-order valence-corrected chi connectivity index (χ4v) is 3.91. The predicted molar refractivity (Wildman–Crippen MR) is 127 cm³/mol. The van der Waals surface area contributed by atoms with Gasteiger partial charge in [-0.1, -0.05) is 109 Å². The predicted octanol–water partition coefficient (Wildman–Crippen LogP) is 8.85. The van der Waals surface area contributed by atoms with Gasteiger partial charge < -0.3 is 10.2 Å². The maximum atomic E-state index is 9.76. The lowest BCUT2D eigenvalue weighted by Gasteiger charge is -2.05. The Labute approximate surface area is 180 Å². The summed E-state index contributed by atoms with van der Waals surface area (Å²) in [4.78, 5) is 0. The Morgan fingerprint density at radius 2 is 1.00 bits per heavy atom. The highest BCUT2D eigenvalue weighted by atomic mass is 16.3. The topological polar surface area (TPSA) is 40.5 Å². The minimum atomic E-state index is 0.205. The number of aromatic hydroxyl groups is 2. The Hall–Kier alpha value is -1.44. The van der Waals surface area contributed by atoms with E-state index in [1.165, 1.54) is 96.3 Å². The molecule has 0 bridgehead atoms. The van der Waals surface area contributed by atoms with Crippen LogP contribution in [0.15, 0.2) is 30.4 Å². The van der Waals surface area contributed by atoms with E-state index in [0.717, 1.165) is 19.3 Å². The lowest BCUT2D eigenvalue weighted by atomic mass is 10.0. The Balaban J connectivity index is 1.82. The molecule has 166 valence electrons. The van der Waals surface area contributed by atoms with Crippen LogP contribution in [0, 0.1) is 0 Å². The van der Waals surface area contributed by atoms with E-state index in [1.807, 2.05) is 0 Å². The molecule has 0 amide bonds. The first-order valence-corrected chi connectivity index (χ1v) is 12.4. The first-order chi connectivity index (χ1) is 14.3. The van der Waals surface area contributed by atoms with Crippen molar-refractivity contribution in [2.75, 3.05) is 0 Å². The molecule has 0 aliphatic heterocycles. The van der Waals surface area contributed by atoms with Crippen molar-refractivity contribution in [1.82, 2.24) is 0 Å². The largest absolute Gasteiger partial charge is 0.508 e. The number of hydrogen-bond donors (Lipinski definition) is 2. The van der Waals surface area contributed by atoms with Crippen molar-refractivity contribution >= 4 is 0 Å². The highest BCUT2D eigenvalue weighted by Gasteiger charge is 2.05. The molecule has 1 aromatic rings. The molecule has 0 saturated carbocycles. The van der Waals surface area contributed by atoms with Crippen molar-refractivity contribution in [2.24, 2.45) is 0 Å². The fourth-order valence-electron chi connectivity index (χ4n) is 3.91. The monoisotopic (exact) mass is 402 g/mol. The number of unbranched alkanes of at least 4 members (excludes halogenated alkanes) is 15. The van der Waals surface area contributed by atoms with Gasteiger partial charge in [0.25, 0.3) is 0 Å². The lowest BCUT2D eigenvalue weighted by molar-refractivity contribution is 0.437. The molecule has 2 nitrogen and oxygen atoms in total. The van der Waals surface area contributed by atoms with E-state index in [0.29, 0.717) is 5.56 Å². The van der Waals surface area contributed by atoms with Gasteiger partial charge in [-0.05, 0) is 44.2 Å². The molecule has 0 fully saturated rings. The van der Waals surface area contributed by atoms with Crippen LogP contribution in [0.25, 0.3) is 0 Å².